The predicted octanol–water partition coefficient (Wildman–Crippen LogP) is 11.4. The van der Waals surface area contributed by atoms with Gasteiger partial charge in [-0.3, -0.25) is 4.90 Å². The van der Waals surface area contributed by atoms with E-state index in [-0.39, 0.29) is 6.29 Å². The number of benzene rings is 6. The highest BCUT2D eigenvalue weighted by molar-refractivity contribution is 5.99. The van der Waals surface area contributed by atoms with Gasteiger partial charge in [-0.05, 0) is 99.8 Å². The number of rotatable bonds is 5. The number of anilines is 5. The first-order valence-electron chi connectivity index (χ1n) is 16.1. The van der Waals surface area contributed by atoms with Gasteiger partial charge in [-0.25, -0.2) is 0 Å². The molecular formula is C43H33N3. The van der Waals surface area contributed by atoms with Gasteiger partial charge in [0, 0.05) is 5.69 Å². The summed E-state index contributed by atoms with van der Waals surface area (Å²) in [4.78, 5) is 4.95. The third-order valence-electron chi connectivity index (χ3n) is 9.37. The lowest BCUT2D eigenvalue weighted by molar-refractivity contribution is 0.808. The maximum Gasteiger partial charge on any atom is 0.187 e. The minimum atomic E-state index is -0.100. The lowest BCUT2D eigenvalue weighted by Gasteiger charge is -2.29. The van der Waals surface area contributed by atoms with E-state index in [1.165, 1.54) is 67.3 Å². The smallest absolute Gasteiger partial charge is 0.187 e. The summed E-state index contributed by atoms with van der Waals surface area (Å²) in [6, 6.07) is 52.9. The van der Waals surface area contributed by atoms with Gasteiger partial charge in [0.25, 0.3) is 0 Å². The van der Waals surface area contributed by atoms with Crippen LogP contribution in [0.5, 0.6) is 0 Å². The van der Waals surface area contributed by atoms with E-state index in [1.807, 2.05) is 0 Å². The molecule has 1 unspecified atom stereocenters. The Balaban J connectivity index is 1.23. The highest BCUT2D eigenvalue weighted by Gasteiger charge is 2.43. The van der Waals surface area contributed by atoms with Crippen LogP contribution < -0.4 is 15.1 Å². The number of hydrogen-bond donors (Lipinski definition) is 1. The molecule has 1 atom stereocenters. The summed E-state index contributed by atoms with van der Waals surface area (Å²) in [7, 11) is 0. The van der Waals surface area contributed by atoms with E-state index < -0.39 is 0 Å². The number of fused-ring (bicyclic) bond motifs is 5. The van der Waals surface area contributed by atoms with Crippen molar-refractivity contribution in [1.82, 2.24) is 0 Å². The molecule has 0 aromatic heterocycles. The van der Waals surface area contributed by atoms with Crippen LogP contribution in [0.2, 0.25) is 0 Å². The van der Waals surface area contributed by atoms with Crippen molar-refractivity contribution in [3.63, 3.8) is 0 Å². The standard InChI is InChI=1S/C43H33N3/c1-5-13-30(14-6-1)34-21-23-40-39(28-34)44-43-45(42-29-35(22-24-41(42)46(40)43)31-15-7-2-8-16-31)38-26-36(32-17-9-3-10-18-32)25-37(27-38)33-19-11-4-12-20-33/h1-3,5-11,13-29,43-44H,4,12H2. The quantitative estimate of drug-likeness (QED) is 0.215. The molecule has 3 nitrogen and oxygen atoms in total. The summed E-state index contributed by atoms with van der Waals surface area (Å²) in [5.74, 6) is 0. The van der Waals surface area contributed by atoms with Crippen LogP contribution in [0.25, 0.3) is 39.0 Å². The second-order valence-corrected chi connectivity index (χ2v) is 12.2. The van der Waals surface area contributed by atoms with Crippen molar-refractivity contribution < 1.29 is 0 Å². The molecule has 0 fully saturated rings. The summed E-state index contributed by atoms with van der Waals surface area (Å²) in [6.45, 7) is 0. The first kappa shape index (κ1) is 26.6. The van der Waals surface area contributed by atoms with Crippen LogP contribution >= 0.6 is 0 Å². The Kier molecular flexibility index (Phi) is 6.34. The predicted molar refractivity (Wildman–Crippen MR) is 194 cm³/mol. The fraction of sp³-hybridized carbons (Fsp3) is 0.0698. The van der Waals surface area contributed by atoms with Crippen molar-refractivity contribution in [2.75, 3.05) is 15.1 Å². The van der Waals surface area contributed by atoms with Crippen molar-refractivity contribution in [2.24, 2.45) is 0 Å². The maximum atomic E-state index is 3.94. The Morgan fingerprint density at radius 1 is 0.457 bits per heavy atom. The molecule has 0 spiro atoms. The van der Waals surface area contributed by atoms with Crippen LogP contribution in [0, 0.1) is 0 Å². The highest BCUT2D eigenvalue weighted by Crippen LogP contribution is 2.55. The molecule has 0 radical (unpaired) electrons. The number of nitrogens with zero attached hydrogens (tertiary/aromatic N) is 2. The Morgan fingerprint density at radius 3 is 1.72 bits per heavy atom. The summed E-state index contributed by atoms with van der Waals surface area (Å²) in [6.07, 6.45) is 9.02. The van der Waals surface area contributed by atoms with Crippen LogP contribution in [0.4, 0.5) is 28.4 Å². The molecule has 1 aliphatic carbocycles. The Morgan fingerprint density at radius 2 is 1.07 bits per heavy atom. The molecule has 3 aliphatic rings. The Hall–Kier alpha value is -5.80. The zero-order valence-electron chi connectivity index (χ0n) is 25.5. The SMILES string of the molecule is C1=CC(c2cc(-c3ccccc3)cc(N3c4cc(-c5ccccc5)ccc4N4c5ccc(-c6ccccc6)cc5NC34)c2)=CCC1. The highest BCUT2D eigenvalue weighted by atomic mass is 15.5. The van der Waals surface area contributed by atoms with E-state index in [1.54, 1.807) is 0 Å². The first-order chi connectivity index (χ1) is 22.8. The summed E-state index contributed by atoms with van der Waals surface area (Å²) >= 11 is 0. The lowest BCUT2D eigenvalue weighted by atomic mass is 9.94. The molecule has 0 saturated carbocycles. The number of allylic oxidation sites excluding steroid dienone is 4. The molecule has 6 aromatic rings. The van der Waals surface area contributed by atoms with Gasteiger partial charge in [0.2, 0.25) is 0 Å². The van der Waals surface area contributed by atoms with E-state index in [4.69, 9.17) is 0 Å². The molecule has 0 saturated heterocycles. The Bertz CT molecular complexity index is 2130. The van der Waals surface area contributed by atoms with Gasteiger partial charge in [0.15, 0.2) is 6.29 Å². The lowest BCUT2D eigenvalue weighted by Crippen LogP contribution is -2.40. The van der Waals surface area contributed by atoms with Crippen LogP contribution in [-0.2, 0) is 0 Å². The molecule has 2 heterocycles. The zero-order chi connectivity index (χ0) is 30.5. The van der Waals surface area contributed by atoms with Crippen molar-refractivity contribution in [2.45, 2.75) is 19.1 Å². The van der Waals surface area contributed by atoms with Crippen molar-refractivity contribution in [3.8, 4) is 33.4 Å². The van der Waals surface area contributed by atoms with Gasteiger partial charge >= 0.3 is 0 Å². The fourth-order valence-electron chi connectivity index (χ4n) is 7.13. The topological polar surface area (TPSA) is 18.5 Å². The Labute approximate surface area is 270 Å². The number of nitrogens with one attached hydrogen (secondary N) is 1. The van der Waals surface area contributed by atoms with E-state index in [0.717, 1.165) is 18.5 Å². The average molecular weight is 592 g/mol. The molecule has 2 aliphatic heterocycles. The maximum absolute atomic E-state index is 3.94. The van der Waals surface area contributed by atoms with Crippen LogP contribution in [-0.4, -0.2) is 6.29 Å². The molecule has 0 bridgehead atoms. The zero-order valence-corrected chi connectivity index (χ0v) is 25.5. The summed E-state index contributed by atoms with van der Waals surface area (Å²) in [5.41, 5.74) is 15.7. The van der Waals surface area contributed by atoms with Gasteiger partial charge in [-0.15, -0.1) is 0 Å². The molecule has 3 heteroatoms. The minimum absolute atomic E-state index is 0.100. The molecule has 0 amide bonds. The van der Waals surface area contributed by atoms with Crippen molar-refractivity contribution >= 4 is 34.0 Å². The number of hydrogen-bond acceptors (Lipinski definition) is 3. The normalized spacial score (nSPS) is 16.0. The van der Waals surface area contributed by atoms with E-state index >= 15 is 0 Å². The van der Waals surface area contributed by atoms with Gasteiger partial charge in [0.1, 0.15) is 0 Å². The summed E-state index contributed by atoms with van der Waals surface area (Å²) < 4.78 is 0. The molecule has 6 aromatic carbocycles. The third-order valence-corrected chi connectivity index (χ3v) is 9.37. The average Bonchev–Trinajstić information content (AvgIpc) is 3.66. The van der Waals surface area contributed by atoms with Gasteiger partial charge in [-0.2, -0.15) is 0 Å². The van der Waals surface area contributed by atoms with Crippen LogP contribution in [0.1, 0.15) is 18.4 Å². The van der Waals surface area contributed by atoms with E-state index in [9.17, 15) is 0 Å². The van der Waals surface area contributed by atoms with E-state index in [2.05, 4.69) is 179 Å². The summed E-state index contributed by atoms with van der Waals surface area (Å²) in [5, 5.41) is 3.94. The molecule has 46 heavy (non-hydrogen) atoms. The fourth-order valence-corrected chi connectivity index (χ4v) is 7.13. The van der Waals surface area contributed by atoms with E-state index in [0.29, 0.717) is 0 Å². The monoisotopic (exact) mass is 591 g/mol. The van der Waals surface area contributed by atoms with Gasteiger partial charge < -0.3 is 10.2 Å². The second-order valence-electron chi connectivity index (χ2n) is 12.2. The second kappa shape index (κ2) is 11.0. The van der Waals surface area contributed by atoms with Crippen molar-refractivity contribution in [1.29, 1.82) is 0 Å². The first-order valence-corrected chi connectivity index (χ1v) is 16.1. The van der Waals surface area contributed by atoms with Crippen LogP contribution in [0.15, 0.2) is 164 Å². The minimum Gasteiger partial charge on any atom is -0.346 e. The molecular weight excluding hydrogens is 558 g/mol. The van der Waals surface area contributed by atoms with Crippen molar-refractivity contribution in [3.05, 3.63) is 169 Å². The van der Waals surface area contributed by atoms with Crippen LogP contribution in [0.3, 0.4) is 0 Å². The van der Waals surface area contributed by atoms with Gasteiger partial charge in [0.05, 0.1) is 22.7 Å². The largest absolute Gasteiger partial charge is 0.346 e. The molecule has 9 rings (SSSR count). The third kappa shape index (κ3) is 4.52. The van der Waals surface area contributed by atoms with Gasteiger partial charge in [-0.1, -0.05) is 121 Å². The molecule has 1 N–H and O–H groups in total. The molecule has 220 valence electrons.